The van der Waals surface area contributed by atoms with E-state index in [1.54, 1.807) is 30.5 Å². The summed E-state index contributed by atoms with van der Waals surface area (Å²) in [6.45, 7) is 6.32. The third kappa shape index (κ3) is 4.63. The van der Waals surface area contributed by atoms with Crippen molar-refractivity contribution in [1.82, 2.24) is 9.99 Å². The van der Waals surface area contributed by atoms with Crippen LogP contribution in [0.25, 0.3) is 16.7 Å². The molecular weight excluding hydrogens is 422 g/mol. The number of nitrogens with one attached hydrogen (secondary N) is 1. The summed E-state index contributed by atoms with van der Waals surface area (Å²) in [6, 6.07) is 17.6. The van der Waals surface area contributed by atoms with Crippen LogP contribution in [0.2, 0.25) is 5.02 Å². The van der Waals surface area contributed by atoms with Gasteiger partial charge in [-0.3, -0.25) is 4.79 Å². The molecule has 0 saturated heterocycles. The number of rotatable bonds is 7. The van der Waals surface area contributed by atoms with Crippen molar-refractivity contribution in [3.8, 4) is 5.69 Å². The second-order valence-electron chi connectivity index (χ2n) is 7.92. The number of benzene rings is 2. The van der Waals surface area contributed by atoms with E-state index >= 15 is 0 Å². The monoisotopic (exact) mass is 447 g/mol. The van der Waals surface area contributed by atoms with Crippen molar-refractivity contribution in [2.24, 2.45) is 5.10 Å². The number of amides is 1. The number of carbonyl (C=O) groups excluding carboxylic acids is 1. The third-order valence-corrected chi connectivity index (χ3v) is 5.79. The first-order chi connectivity index (χ1) is 15.5. The molecule has 2 aromatic heterocycles. The molecule has 0 atom stereocenters. The van der Waals surface area contributed by atoms with Gasteiger partial charge in [-0.1, -0.05) is 37.1 Å². The molecular formula is C26H26ClN3O2. The van der Waals surface area contributed by atoms with E-state index in [0.717, 1.165) is 34.4 Å². The molecule has 4 rings (SSSR count). The van der Waals surface area contributed by atoms with Crippen LogP contribution in [0.15, 0.2) is 64.1 Å². The summed E-state index contributed by atoms with van der Waals surface area (Å²) in [5.74, 6) is -0.224. The highest BCUT2D eigenvalue weighted by atomic mass is 35.5. The predicted molar refractivity (Wildman–Crippen MR) is 130 cm³/mol. The normalized spacial score (nSPS) is 11.5. The molecule has 0 aliphatic carbocycles. The molecule has 0 aliphatic rings. The van der Waals surface area contributed by atoms with Gasteiger partial charge in [0.2, 0.25) is 0 Å². The zero-order chi connectivity index (χ0) is 22.7. The molecule has 164 valence electrons. The number of unbranched alkanes of at least 4 members (excludes halogenated alkanes) is 1. The highest BCUT2D eigenvalue weighted by Crippen LogP contribution is 2.23. The van der Waals surface area contributed by atoms with Gasteiger partial charge in [-0.15, -0.1) is 0 Å². The average Bonchev–Trinajstić information content (AvgIpc) is 3.32. The molecule has 0 radical (unpaired) electrons. The van der Waals surface area contributed by atoms with E-state index in [-0.39, 0.29) is 5.76 Å². The van der Waals surface area contributed by atoms with E-state index in [4.69, 9.17) is 16.0 Å². The summed E-state index contributed by atoms with van der Waals surface area (Å²) < 4.78 is 7.77. The summed E-state index contributed by atoms with van der Waals surface area (Å²) in [6.07, 6.45) is 5.17. The number of carbonyl (C=O) groups is 1. The molecule has 1 N–H and O–H groups in total. The van der Waals surface area contributed by atoms with Crippen LogP contribution < -0.4 is 5.43 Å². The van der Waals surface area contributed by atoms with Crippen LogP contribution >= 0.6 is 11.6 Å². The largest absolute Gasteiger partial charge is 0.451 e. The van der Waals surface area contributed by atoms with Crippen molar-refractivity contribution in [2.45, 2.75) is 40.0 Å². The fourth-order valence-electron chi connectivity index (χ4n) is 3.85. The first kappa shape index (κ1) is 21.9. The SMILES string of the molecule is CCCCc1ccc(-n2c(C)cc(/C=N/NC(=O)c3cc4cc(Cl)ccc4o3)c2C)cc1. The number of furan rings is 1. The smallest absolute Gasteiger partial charge is 0.307 e. The fraction of sp³-hybridized carbons (Fsp3) is 0.231. The fourth-order valence-corrected chi connectivity index (χ4v) is 4.03. The van der Waals surface area contributed by atoms with Crippen molar-refractivity contribution < 1.29 is 9.21 Å². The Morgan fingerprint density at radius 3 is 2.66 bits per heavy atom. The van der Waals surface area contributed by atoms with Crippen LogP contribution in [0.1, 0.15) is 52.8 Å². The summed E-state index contributed by atoms with van der Waals surface area (Å²) >= 11 is 5.99. The quantitative estimate of drug-likeness (QED) is 0.256. The standard InChI is InChI=1S/C26H26ClN3O2/c1-4-5-6-19-7-10-23(11-8-19)30-17(2)13-21(18(30)3)16-28-29-26(31)25-15-20-14-22(27)9-12-24(20)32-25/h7-16H,4-6H2,1-3H3,(H,29,31)/b28-16+. The lowest BCUT2D eigenvalue weighted by atomic mass is 10.1. The molecule has 1 amide bonds. The van der Waals surface area contributed by atoms with Gasteiger partial charge in [-0.2, -0.15) is 5.10 Å². The lowest BCUT2D eigenvalue weighted by Gasteiger charge is -2.10. The van der Waals surface area contributed by atoms with Gasteiger partial charge in [0.05, 0.1) is 6.21 Å². The maximum Gasteiger partial charge on any atom is 0.307 e. The molecule has 0 spiro atoms. The highest BCUT2D eigenvalue weighted by Gasteiger charge is 2.13. The van der Waals surface area contributed by atoms with Gasteiger partial charge in [-0.05, 0) is 74.7 Å². The maximum absolute atomic E-state index is 12.4. The maximum atomic E-state index is 12.4. The van der Waals surface area contributed by atoms with Crippen LogP contribution in [0, 0.1) is 13.8 Å². The minimum absolute atomic E-state index is 0.188. The summed E-state index contributed by atoms with van der Waals surface area (Å²) in [7, 11) is 0. The lowest BCUT2D eigenvalue weighted by molar-refractivity contribution is 0.0929. The molecule has 0 bridgehead atoms. The van der Waals surface area contributed by atoms with Gasteiger partial charge in [0.1, 0.15) is 5.58 Å². The minimum atomic E-state index is -0.412. The molecule has 32 heavy (non-hydrogen) atoms. The number of fused-ring (bicyclic) bond motifs is 1. The van der Waals surface area contributed by atoms with Gasteiger partial charge in [0, 0.05) is 33.0 Å². The van der Waals surface area contributed by atoms with E-state index in [9.17, 15) is 4.79 Å². The van der Waals surface area contributed by atoms with Gasteiger partial charge in [0.15, 0.2) is 5.76 Å². The Bertz CT molecular complexity index is 1280. The lowest BCUT2D eigenvalue weighted by Crippen LogP contribution is -2.16. The first-order valence-electron chi connectivity index (χ1n) is 10.8. The Morgan fingerprint density at radius 2 is 1.91 bits per heavy atom. The Balaban J connectivity index is 1.48. The summed E-state index contributed by atoms with van der Waals surface area (Å²) in [5, 5.41) is 5.50. The number of hydrogen-bond donors (Lipinski definition) is 1. The van der Waals surface area contributed by atoms with Crippen LogP contribution in [0.5, 0.6) is 0 Å². The first-order valence-corrected chi connectivity index (χ1v) is 11.1. The number of aryl methyl sites for hydroxylation is 2. The van der Waals surface area contributed by atoms with Crippen LogP contribution in [0.3, 0.4) is 0 Å². The van der Waals surface area contributed by atoms with E-state index in [1.165, 1.54) is 18.4 Å². The molecule has 2 heterocycles. The molecule has 0 aliphatic heterocycles. The minimum Gasteiger partial charge on any atom is -0.451 e. The van der Waals surface area contributed by atoms with Crippen LogP contribution in [-0.4, -0.2) is 16.7 Å². The van der Waals surface area contributed by atoms with Crippen molar-refractivity contribution in [1.29, 1.82) is 0 Å². The molecule has 6 heteroatoms. The molecule has 0 fully saturated rings. The molecule has 0 saturated carbocycles. The molecule has 5 nitrogen and oxygen atoms in total. The molecule has 4 aromatic rings. The van der Waals surface area contributed by atoms with E-state index in [1.807, 2.05) is 6.92 Å². The van der Waals surface area contributed by atoms with Crippen LogP contribution in [0.4, 0.5) is 0 Å². The Morgan fingerprint density at radius 1 is 1.12 bits per heavy atom. The Hall–Kier alpha value is -3.31. The third-order valence-electron chi connectivity index (χ3n) is 5.56. The zero-order valence-corrected chi connectivity index (χ0v) is 19.2. The van der Waals surface area contributed by atoms with E-state index < -0.39 is 5.91 Å². The van der Waals surface area contributed by atoms with Crippen LogP contribution in [-0.2, 0) is 6.42 Å². The topological polar surface area (TPSA) is 59.5 Å². The Labute approximate surface area is 192 Å². The van der Waals surface area contributed by atoms with Crippen molar-refractivity contribution in [3.63, 3.8) is 0 Å². The molecule has 2 aromatic carbocycles. The number of hydrazone groups is 1. The summed E-state index contributed by atoms with van der Waals surface area (Å²) in [4.78, 5) is 12.4. The van der Waals surface area contributed by atoms with Gasteiger partial charge in [-0.25, -0.2) is 5.43 Å². The van der Waals surface area contributed by atoms with E-state index in [0.29, 0.717) is 10.6 Å². The van der Waals surface area contributed by atoms with E-state index in [2.05, 4.69) is 59.3 Å². The van der Waals surface area contributed by atoms with Gasteiger partial charge < -0.3 is 8.98 Å². The zero-order valence-electron chi connectivity index (χ0n) is 18.5. The molecule has 0 unspecified atom stereocenters. The second kappa shape index (κ2) is 9.45. The van der Waals surface area contributed by atoms with Crippen molar-refractivity contribution in [2.75, 3.05) is 0 Å². The number of hydrogen-bond acceptors (Lipinski definition) is 3. The predicted octanol–water partition coefficient (Wildman–Crippen LogP) is 6.60. The number of nitrogens with zero attached hydrogens (tertiary/aromatic N) is 2. The average molecular weight is 448 g/mol. The van der Waals surface area contributed by atoms with Crippen molar-refractivity contribution >= 4 is 34.7 Å². The van der Waals surface area contributed by atoms with Gasteiger partial charge in [0.25, 0.3) is 0 Å². The van der Waals surface area contributed by atoms with Crippen molar-refractivity contribution in [3.05, 3.63) is 87.9 Å². The Kier molecular flexibility index (Phi) is 6.47. The highest BCUT2D eigenvalue weighted by molar-refractivity contribution is 6.31. The second-order valence-corrected chi connectivity index (χ2v) is 8.36. The number of halogens is 1. The van der Waals surface area contributed by atoms with Gasteiger partial charge >= 0.3 is 5.91 Å². The summed E-state index contributed by atoms with van der Waals surface area (Å²) in [5.41, 5.74) is 8.71. The number of aromatic nitrogens is 1.